The minimum Gasteiger partial charge on any atom is -0.463 e. The van der Waals surface area contributed by atoms with Crippen molar-refractivity contribution in [3.8, 4) is 0 Å². The summed E-state index contributed by atoms with van der Waals surface area (Å²) < 4.78 is 20.8. The highest BCUT2D eigenvalue weighted by atomic mass is 35.5. The van der Waals surface area contributed by atoms with Gasteiger partial charge in [0.25, 0.3) is 5.82 Å². The second kappa shape index (κ2) is 17.3. The minimum atomic E-state index is -1.06. The maximum Gasteiger partial charge on any atom is 0.377 e. The molecule has 15 heteroatoms. The van der Waals surface area contributed by atoms with Crippen LogP contribution in [0.15, 0.2) is 12.7 Å². The average molecular weight is 551 g/mol. The van der Waals surface area contributed by atoms with Crippen molar-refractivity contribution in [2.75, 3.05) is 33.5 Å². The molecule has 0 radical (unpaired) electrons. The van der Waals surface area contributed by atoms with Crippen LogP contribution < -0.4 is 0 Å². The van der Waals surface area contributed by atoms with Gasteiger partial charge in [-0.3, -0.25) is 5.10 Å². The molecule has 2 heterocycles. The van der Waals surface area contributed by atoms with Gasteiger partial charge in [0.1, 0.15) is 25.5 Å². The number of nitrogens with zero attached hydrogens (tertiary/aromatic N) is 5. The third-order valence-electron chi connectivity index (χ3n) is 3.99. The molecule has 2 aromatic heterocycles. The first-order valence-corrected chi connectivity index (χ1v) is 18.9. The minimum absolute atomic E-state index is 0.0568. The van der Waals surface area contributed by atoms with Gasteiger partial charge >= 0.3 is 11.9 Å². The molecular weight excluding hydrogens is 512 g/mol. The second-order valence-electron chi connectivity index (χ2n) is 9.60. The van der Waals surface area contributed by atoms with E-state index < -0.39 is 28.1 Å². The van der Waals surface area contributed by atoms with Crippen LogP contribution >= 0.6 is 11.6 Å². The van der Waals surface area contributed by atoms with Gasteiger partial charge in [0.05, 0.1) is 14.2 Å². The Bertz CT molecular complexity index is 840. The molecule has 12 nitrogen and oxygen atoms in total. The first-order valence-electron chi connectivity index (χ1n) is 11.0. The fourth-order valence-corrected chi connectivity index (χ4v) is 3.53. The van der Waals surface area contributed by atoms with Gasteiger partial charge in [0.2, 0.25) is 5.82 Å². The Morgan fingerprint density at radius 1 is 0.943 bits per heavy atom. The van der Waals surface area contributed by atoms with E-state index in [2.05, 4.69) is 74.0 Å². The van der Waals surface area contributed by atoms with Crippen LogP contribution in [0, 0.1) is 0 Å². The Hall–Kier alpha value is -2.14. The van der Waals surface area contributed by atoms with E-state index in [0.29, 0.717) is 19.4 Å². The molecule has 35 heavy (non-hydrogen) atoms. The first kappa shape index (κ1) is 32.9. The summed E-state index contributed by atoms with van der Waals surface area (Å²) in [4.78, 5) is 29.0. The van der Waals surface area contributed by atoms with Gasteiger partial charge in [-0.2, -0.15) is 5.10 Å². The summed E-state index contributed by atoms with van der Waals surface area (Å²) in [6.07, 6.45) is 2.70. The third kappa shape index (κ3) is 17.9. The molecule has 0 unspecified atom stereocenters. The summed E-state index contributed by atoms with van der Waals surface area (Å²) >= 11 is 5.32. The quantitative estimate of drug-likeness (QED) is 0.191. The molecule has 2 rings (SSSR count). The maximum atomic E-state index is 11.1. The molecule has 0 aliphatic heterocycles. The number of carbonyl (C=O) groups excluding carboxylic acids is 2. The van der Waals surface area contributed by atoms with E-state index in [1.165, 1.54) is 37.6 Å². The number of esters is 2. The maximum absolute atomic E-state index is 11.1. The van der Waals surface area contributed by atoms with Crippen LogP contribution in [0.25, 0.3) is 0 Å². The number of hydrogen-bond donors (Lipinski definition) is 1. The summed E-state index contributed by atoms with van der Waals surface area (Å²) in [6, 6.07) is 2.65. The van der Waals surface area contributed by atoms with Crippen molar-refractivity contribution in [2.24, 2.45) is 0 Å². The van der Waals surface area contributed by atoms with Crippen LogP contribution in [0.4, 0.5) is 0 Å². The Morgan fingerprint density at radius 2 is 1.51 bits per heavy atom. The summed E-state index contributed by atoms with van der Waals surface area (Å²) in [7, 11) is 0.645. The lowest BCUT2D eigenvalue weighted by Crippen LogP contribution is -2.22. The number of aromatic nitrogens is 6. The van der Waals surface area contributed by atoms with Crippen molar-refractivity contribution < 1.29 is 28.5 Å². The zero-order valence-electron chi connectivity index (χ0n) is 22.0. The summed E-state index contributed by atoms with van der Waals surface area (Å²) in [5.74, 6) is -0.864. The molecule has 0 spiro atoms. The number of nitrogens with one attached hydrogen (secondary N) is 1. The molecule has 2 aromatic rings. The normalized spacial score (nSPS) is 11.0. The lowest BCUT2D eigenvalue weighted by molar-refractivity contribution is 0.0572. The van der Waals surface area contributed by atoms with E-state index in [1.54, 1.807) is 0 Å². The Morgan fingerprint density at radius 3 is 1.97 bits per heavy atom. The van der Waals surface area contributed by atoms with Gasteiger partial charge in [0.15, 0.2) is 0 Å². The second-order valence-corrected chi connectivity index (χ2v) is 21.1. The number of aromatic amines is 1. The molecule has 0 aliphatic rings. The molecule has 0 atom stereocenters. The highest BCUT2D eigenvalue weighted by molar-refractivity contribution is 6.76. The van der Waals surface area contributed by atoms with Crippen LogP contribution in [0.1, 0.15) is 21.2 Å². The lowest BCUT2D eigenvalue weighted by Gasteiger charge is -2.15. The highest BCUT2D eigenvalue weighted by Gasteiger charge is 2.13. The molecule has 1 N–H and O–H groups in total. The van der Waals surface area contributed by atoms with Gasteiger partial charge in [-0.1, -0.05) is 50.9 Å². The summed E-state index contributed by atoms with van der Waals surface area (Å²) in [5.41, 5.74) is 0. The Balaban J connectivity index is 0.000000543. The van der Waals surface area contributed by atoms with Crippen molar-refractivity contribution in [1.82, 2.24) is 29.9 Å². The van der Waals surface area contributed by atoms with Crippen molar-refractivity contribution >= 4 is 39.7 Å². The number of carbonyl (C=O) groups is 2. The summed E-state index contributed by atoms with van der Waals surface area (Å²) in [6.45, 7) is 15.7. The van der Waals surface area contributed by atoms with E-state index in [4.69, 9.17) is 21.1 Å². The predicted molar refractivity (Wildman–Crippen MR) is 138 cm³/mol. The highest BCUT2D eigenvalue weighted by Crippen LogP contribution is 2.08. The smallest absolute Gasteiger partial charge is 0.377 e. The molecule has 0 amide bonds. The molecule has 0 aromatic carbocycles. The number of halogens is 1. The van der Waals surface area contributed by atoms with Crippen LogP contribution in [-0.2, 0) is 25.7 Å². The molecule has 0 aliphatic carbocycles. The molecule has 0 bridgehead atoms. The Labute approximate surface area is 214 Å². The molecular formula is C20H39ClN6O6Si2. The van der Waals surface area contributed by atoms with Gasteiger partial charge < -0.3 is 18.9 Å². The number of rotatable bonds is 11. The fraction of sp³-hybridized carbons (Fsp3) is 0.700. The van der Waals surface area contributed by atoms with Gasteiger partial charge in [-0.15, -0.1) is 5.10 Å². The van der Waals surface area contributed by atoms with Gasteiger partial charge in [0, 0.05) is 29.4 Å². The van der Waals surface area contributed by atoms with Gasteiger partial charge in [-0.25, -0.2) is 24.2 Å². The van der Waals surface area contributed by atoms with Crippen molar-refractivity contribution in [3.05, 3.63) is 24.3 Å². The number of H-pyrrole nitrogens is 1. The number of alkyl halides is 1. The van der Waals surface area contributed by atoms with Crippen LogP contribution in [0.2, 0.25) is 51.4 Å². The van der Waals surface area contributed by atoms with E-state index in [1.807, 2.05) is 0 Å². The number of ether oxygens (including phenoxy) is 4. The predicted octanol–water partition coefficient (Wildman–Crippen LogP) is 3.51. The fourth-order valence-electron chi connectivity index (χ4n) is 1.91. The van der Waals surface area contributed by atoms with Crippen LogP contribution in [0.5, 0.6) is 0 Å². The average Bonchev–Trinajstić information content (AvgIpc) is 3.48. The Kier molecular flexibility index (Phi) is 16.3. The number of methoxy groups -OCH3 is 2. The summed E-state index contributed by atoms with van der Waals surface area (Å²) in [5, 5.41) is 9.74. The largest absolute Gasteiger partial charge is 0.463 e. The van der Waals surface area contributed by atoms with Crippen LogP contribution in [-0.4, -0.2) is 91.5 Å². The van der Waals surface area contributed by atoms with Crippen molar-refractivity contribution in [1.29, 1.82) is 0 Å². The zero-order chi connectivity index (χ0) is 26.9. The van der Waals surface area contributed by atoms with E-state index >= 15 is 0 Å². The van der Waals surface area contributed by atoms with E-state index in [0.717, 1.165) is 12.7 Å². The van der Waals surface area contributed by atoms with Crippen molar-refractivity contribution in [2.45, 2.75) is 58.1 Å². The van der Waals surface area contributed by atoms with E-state index in [-0.39, 0.29) is 11.6 Å². The van der Waals surface area contributed by atoms with Gasteiger partial charge in [-0.05, 0) is 12.1 Å². The molecule has 0 saturated heterocycles. The molecule has 200 valence electrons. The van der Waals surface area contributed by atoms with Crippen molar-refractivity contribution in [3.63, 3.8) is 0 Å². The number of hydrogen-bond acceptors (Lipinski definition) is 10. The third-order valence-corrected chi connectivity index (χ3v) is 7.55. The molecule has 0 fully saturated rings. The SMILES string of the molecule is COC(=O)c1ncn(COCC[Si](C)(C)C)n1.COC(=O)c1ncn[nH]1.C[Si](C)(C)CCOCCl. The standard InChI is InChI=1S/C10H19N3O3Si.C6H15ClOSi.C4H5N3O2/c1-15-10(14)9-11-7-13(12-9)8-16-5-6-17(2,3)4;1-9(2,3)5-4-8-6-7;1-9-4(8)3-5-2-6-7-3/h7H,5-6,8H2,1-4H3;4-6H2,1-3H3;2H,1H3,(H,5,6,7). The topological polar surface area (TPSA) is 143 Å². The van der Waals surface area contributed by atoms with Crippen LogP contribution in [0.3, 0.4) is 0 Å². The monoisotopic (exact) mass is 550 g/mol. The first-order chi connectivity index (χ1) is 16.3. The van der Waals surface area contributed by atoms with E-state index in [9.17, 15) is 9.59 Å². The zero-order valence-corrected chi connectivity index (χ0v) is 24.7. The molecule has 0 saturated carbocycles. The lowest BCUT2D eigenvalue weighted by atomic mass is 10.6.